The van der Waals surface area contributed by atoms with Crippen molar-refractivity contribution < 1.29 is 0 Å². The molecular formula is C60H42N2Si. The Hall–Kier alpha value is -7.98. The molecule has 0 saturated carbocycles. The summed E-state index contributed by atoms with van der Waals surface area (Å²) in [6, 6.07) is 94.4. The van der Waals surface area contributed by atoms with Crippen molar-refractivity contribution in [2.24, 2.45) is 0 Å². The van der Waals surface area contributed by atoms with Gasteiger partial charge in [-0.2, -0.15) is 0 Å². The third-order valence-corrected chi connectivity index (χ3v) is 17.8. The van der Waals surface area contributed by atoms with Gasteiger partial charge < -0.3 is 9.13 Å². The van der Waals surface area contributed by atoms with Crippen LogP contribution in [0.4, 0.5) is 0 Å². The van der Waals surface area contributed by atoms with Crippen LogP contribution < -0.4 is 20.7 Å². The fourth-order valence-corrected chi connectivity index (χ4v) is 15.3. The van der Waals surface area contributed by atoms with Crippen molar-refractivity contribution in [1.82, 2.24) is 9.13 Å². The van der Waals surface area contributed by atoms with Gasteiger partial charge in [-0.3, -0.25) is 0 Å². The lowest BCUT2D eigenvalue weighted by molar-refractivity contribution is 1.17. The normalized spacial score (nSPS) is 11.8. The molecule has 0 fully saturated rings. The molecule has 0 unspecified atom stereocenters. The van der Waals surface area contributed by atoms with Crippen molar-refractivity contribution in [2.75, 3.05) is 0 Å². The quantitative estimate of drug-likeness (QED) is 0.107. The highest BCUT2D eigenvalue weighted by Gasteiger charge is 2.44. The molecule has 2 heterocycles. The van der Waals surface area contributed by atoms with Gasteiger partial charge in [0, 0.05) is 27.2 Å². The lowest BCUT2D eigenvalue weighted by atomic mass is 10.0. The third-order valence-electron chi connectivity index (χ3n) is 13.0. The first-order valence-corrected chi connectivity index (χ1v) is 23.8. The molecule has 0 N–H and O–H groups in total. The van der Waals surface area contributed by atoms with Gasteiger partial charge in [0.05, 0.1) is 27.8 Å². The van der Waals surface area contributed by atoms with Crippen LogP contribution in [0.3, 0.4) is 0 Å². The molecule has 0 amide bonds. The highest BCUT2D eigenvalue weighted by atomic mass is 28.3. The van der Waals surface area contributed by atoms with Gasteiger partial charge >= 0.3 is 0 Å². The maximum absolute atomic E-state index is 3.08. The molecule has 3 heteroatoms. The first-order chi connectivity index (χ1) is 31.3. The smallest absolute Gasteiger partial charge is 0.181 e. The van der Waals surface area contributed by atoms with Gasteiger partial charge in [0.1, 0.15) is 0 Å². The highest BCUT2D eigenvalue weighted by Crippen LogP contribution is 2.41. The Morgan fingerprint density at radius 2 is 0.730 bits per heavy atom. The van der Waals surface area contributed by atoms with Gasteiger partial charge in [0.15, 0.2) is 8.07 Å². The fraction of sp³-hybridized carbons (Fsp3) is 0. The van der Waals surface area contributed by atoms with Crippen LogP contribution in [0.25, 0.3) is 77.2 Å². The molecular weight excluding hydrogens is 777 g/mol. The van der Waals surface area contributed by atoms with Crippen LogP contribution in [0.15, 0.2) is 255 Å². The zero-order valence-corrected chi connectivity index (χ0v) is 35.6. The van der Waals surface area contributed by atoms with Crippen LogP contribution >= 0.6 is 0 Å². The van der Waals surface area contributed by atoms with Gasteiger partial charge in [0.2, 0.25) is 0 Å². The van der Waals surface area contributed by atoms with Gasteiger partial charge in [-0.25, -0.2) is 0 Å². The predicted molar refractivity (Wildman–Crippen MR) is 270 cm³/mol. The molecule has 0 aliphatic heterocycles. The Morgan fingerprint density at radius 1 is 0.286 bits per heavy atom. The summed E-state index contributed by atoms with van der Waals surface area (Å²) in [6.07, 6.45) is 0. The monoisotopic (exact) mass is 818 g/mol. The van der Waals surface area contributed by atoms with Crippen molar-refractivity contribution in [2.45, 2.75) is 0 Å². The maximum atomic E-state index is 2.61. The summed E-state index contributed by atoms with van der Waals surface area (Å²) in [7, 11) is -3.08. The molecule has 0 saturated heterocycles. The first-order valence-electron chi connectivity index (χ1n) is 21.8. The number of hydrogen-bond acceptors (Lipinski definition) is 0. The van der Waals surface area contributed by atoms with E-state index in [9.17, 15) is 0 Å². The number of rotatable bonds is 8. The minimum atomic E-state index is -3.08. The van der Waals surface area contributed by atoms with E-state index in [0.29, 0.717) is 0 Å². The predicted octanol–water partition coefficient (Wildman–Crippen LogP) is 12.6. The van der Waals surface area contributed by atoms with E-state index in [-0.39, 0.29) is 0 Å². The van der Waals surface area contributed by atoms with E-state index in [0.717, 1.165) is 5.69 Å². The molecule has 63 heavy (non-hydrogen) atoms. The van der Waals surface area contributed by atoms with Crippen molar-refractivity contribution in [3.8, 4) is 33.6 Å². The van der Waals surface area contributed by atoms with E-state index in [1.165, 1.54) is 92.3 Å². The molecule has 12 rings (SSSR count). The molecule has 2 nitrogen and oxygen atoms in total. The Morgan fingerprint density at radius 3 is 1.30 bits per heavy atom. The molecule has 0 aliphatic rings. The molecule has 0 radical (unpaired) electrons. The van der Waals surface area contributed by atoms with E-state index in [4.69, 9.17) is 0 Å². The molecule has 12 aromatic rings. The summed E-state index contributed by atoms with van der Waals surface area (Å²) >= 11 is 0. The Kier molecular flexibility index (Phi) is 8.87. The number of para-hydroxylation sites is 2. The topological polar surface area (TPSA) is 9.86 Å². The van der Waals surface area contributed by atoms with Gasteiger partial charge in [-0.05, 0) is 85.5 Å². The van der Waals surface area contributed by atoms with Gasteiger partial charge in [0.25, 0.3) is 0 Å². The minimum Gasteiger partial charge on any atom is -0.309 e. The summed E-state index contributed by atoms with van der Waals surface area (Å²) in [5.74, 6) is 0. The van der Waals surface area contributed by atoms with E-state index >= 15 is 0 Å². The Labute approximate surface area is 368 Å². The van der Waals surface area contributed by atoms with Crippen LogP contribution in [0, 0.1) is 0 Å². The second kappa shape index (κ2) is 15.2. The molecule has 0 atom stereocenters. The van der Waals surface area contributed by atoms with Crippen molar-refractivity contribution in [1.29, 1.82) is 0 Å². The lowest BCUT2D eigenvalue weighted by Gasteiger charge is -2.35. The number of benzene rings is 10. The van der Waals surface area contributed by atoms with E-state index < -0.39 is 8.07 Å². The van der Waals surface area contributed by atoms with Crippen LogP contribution in [0.1, 0.15) is 0 Å². The van der Waals surface area contributed by atoms with Crippen molar-refractivity contribution in [3.05, 3.63) is 255 Å². The average molecular weight is 819 g/mol. The zero-order chi connectivity index (χ0) is 41.7. The number of fused-ring (bicyclic) bond motifs is 6. The standard InChI is InChI=1S/C60H42N2Si/c1-6-21-43(22-7-1)45-37-39-47(40-38-45)61-55-34-19-17-32-52(55)59-56(61)35-20-36-57(59)62-54-33-18-16-31-51(54)53-41-46(44-23-8-2-9-24-44)42-58(60(53)62)63(48-25-10-3-11-26-48,49-27-12-4-13-28-49)50-29-14-5-15-30-50/h1-42H. The van der Waals surface area contributed by atoms with Crippen LogP contribution in [0.5, 0.6) is 0 Å². The number of aromatic nitrogens is 2. The maximum Gasteiger partial charge on any atom is 0.181 e. The molecule has 10 aromatic carbocycles. The molecule has 2 aromatic heterocycles. The number of nitrogens with zero attached hydrogens (tertiary/aromatic N) is 2. The van der Waals surface area contributed by atoms with Crippen LogP contribution in [-0.4, -0.2) is 17.2 Å². The van der Waals surface area contributed by atoms with Crippen molar-refractivity contribution in [3.63, 3.8) is 0 Å². The van der Waals surface area contributed by atoms with Crippen LogP contribution in [0.2, 0.25) is 0 Å². The average Bonchev–Trinajstić information content (AvgIpc) is 3.89. The number of hydrogen-bond donors (Lipinski definition) is 0. The molecule has 0 spiro atoms. The highest BCUT2D eigenvalue weighted by molar-refractivity contribution is 7.20. The summed E-state index contributed by atoms with van der Waals surface area (Å²) < 4.78 is 5.06. The van der Waals surface area contributed by atoms with E-state index in [1.807, 2.05) is 0 Å². The summed E-state index contributed by atoms with van der Waals surface area (Å²) in [5.41, 5.74) is 11.9. The summed E-state index contributed by atoms with van der Waals surface area (Å²) in [4.78, 5) is 0. The van der Waals surface area contributed by atoms with E-state index in [1.54, 1.807) is 0 Å². The zero-order valence-electron chi connectivity index (χ0n) is 34.6. The fourth-order valence-electron chi connectivity index (χ4n) is 10.4. The van der Waals surface area contributed by atoms with Crippen molar-refractivity contribution >= 4 is 72.4 Å². The SMILES string of the molecule is c1ccc(-c2ccc(-n3c4ccccc4c4c(-n5c6ccccc6c6cc(-c7ccccc7)cc([Si](c7ccccc7)(c7ccccc7)c7ccccc7)c65)cccc43)cc2)cc1. The summed E-state index contributed by atoms with van der Waals surface area (Å²) in [5, 5.41) is 10.3. The lowest BCUT2D eigenvalue weighted by Crippen LogP contribution is -2.75. The summed E-state index contributed by atoms with van der Waals surface area (Å²) in [6.45, 7) is 0. The Bertz CT molecular complexity index is 3480. The van der Waals surface area contributed by atoms with Gasteiger partial charge in [-0.15, -0.1) is 0 Å². The third kappa shape index (κ3) is 5.85. The minimum absolute atomic E-state index is 1.14. The second-order valence-corrected chi connectivity index (χ2v) is 20.2. The second-order valence-electron chi connectivity index (χ2n) is 16.4. The Balaban J connectivity index is 1.24. The van der Waals surface area contributed by atoms with E-state index in [2.05, 4.69) is 264 Å². The van der Waals surface area contributed by atoms with Crippen LogP contribution in [-0.2, 0) is 0 Å². The molecule has 296 valence electrons. The molecule has 0 aliphatic carbocycles. The largest absolute Gasteiger partial charge is 0.309 e. The first kappa shape index (κ1) is 36.8. The van der Waals surface area contributed by atoms with Gasteiger partial charge in [-0.1, -0.05) is 212 Å². The molecule has 0 bridgehead atoms.